The predicted molar refractivity (Wildman–Crippen MR) is 137 cm³/mol. The topological polar surface area (TPSA) is 57.2 Å². The summed E-state index contributed by atoms with van der Waals surface area (Å²) >= 11 is 5.92. The summed E-state index contributed by atoms with van der Waals surface area (Å²) in [5, 5.41) is 2.58. The highest BCUT2D eigenvalue weighted by atomic mass is 35.5. The van der Waals surface area contributed by atoms with E-state index in [0.29, 0.717) is 23.0 Å². The van der Waals surface area contributed by atoms with E-state index < -0.39 is 28.5 Å². The minimum Gasteiger partial charge on any atom is -0.341 e. The van der Waals surface area contributed by atoms with Gasteiger partial charge in [0.2, 0.25) is 5.95 Å². The Bertz CT molecular complexity index is 1380. The van der Waals surface area contributed by atoms with Gasteiger partial charge in [0.1, 0.15) is 11.6 Å². The maximum Gasteiger partial charge on any atom is 0.419 e. The lowest BCUT2D eigenvalue weighted by Crippen LogP contribution is -2.31. The van der Waals surface area contributed by atoms with E-state index >= 15 is 0 Å². The predicted octanol–water partition coefficient (Wildman–Crippen LogP) is 7.33. The van der Waals surface area contributed by atoms with Crippen LogP contribution in [0.25, 0.3) is 6.08 Å². The lowest BCUT2D eigenvalue weighted by Gasteiger charge is -2.28. The van der Waals surface area contributed by atoms with Crippen molar-refractivity contribution in [1.82, 2.24) is 15.0 Å². The van der Waals surface area contributed by atoms with Gasteiger partial charge in [-0.1, -0.05) is 11.6 Å². The molecule has 1 saturated heterocycles. The Labute approximate surface area is 225 Å². The molecule has 0 bridgehead atoms. The zero-order valence-electron chi connectivity index (χ0n) is 20.5. The Morgan fingerprint density at radius 1 is 0.872 bits per heavy atom. The molecule has 13 heteroatoms. The summed E-state index contributed by atoms with van der Waals surface area (Å²) < 4.78 is 80.6. The van der Waals surface area contributed by atoms with E-state index in [0.717, 1.165) is 50.6 Å². The van der Waals surface area contributed by atoms with Gasteiger partial charge in [-0.15, -0.1) is 0 Å². The Morgan fingerprint density at radius 3 is 2.31 bits per heavy atom. The lowest BCUT2D eigenvalue weighted by molar-refractivity contribution is -0.138. The third-order valence-corrected chi connectivity index (χ3v) is 6.88. The zero-order valence-corrected chi connectivity index (χ0v) is 21.2. The number of nitrogens with one attached hydrogen (secondary N) is 1. The van der Waals surface area contributed by atoms with Crippen LogP contribution in [-0.2, 0) is 18.8 Å². The fraction of sp³-hybridized carbons (Fsp3) is 0.346. The molecule has 4 heterocycles. The van der Waals surface area contributed by atoms with Crippen molar-refractivity contribution in [3.8, 4) is 0 Å². The van der Waals surface area contributed by atoms with Crippen LogP contribution in [0.5, 0.6) is 0 Å². The average molecular weight is 569 g/mol. The number of halogens is 7. The second-order valence-electron chi connectivity index (χ2n) is 9.23. The first-order chi connectivity index (χ1) is 18.5. The molecule has 2 aliphatic heterocycles. The number of fused-ring (bicyclic) bond motifs is 1. The van der Waals surface area contributed by atoms with Crippen molar-refractivity contribution in [3.63, 3.8) is 0 Å². The van der Waals surface area contributed by atoms with Crippen LogP contribution in [0, 0.1) is 0 Å². The third kappa shape index (κ3) is 5.90. The highest BCUT2D eigenvalue weighted by Gasteiger charge is 2.36. The van der Waals surface area contributed by atoms with Gasteiger partial charge in [0.05, 0.1) is 21.8 Å². The molecule has 2 aliphatic rings. The molecule has 206 valence electrons. The number of aromatic nitrogens is 3. The van der Waals surface area contributed by atoms with Crippen LogP contribution >= 0.6 is 11.6 Å². The van der Waals surface area contributed by atoms with Crippen LogP contribution in [0.3, 0.4) is 0 Å². The molecule has 6 nitrogen and oxygen atoms in total. The van der Waals surface area contributed by atoms with E-state index in [1.165, 1.54) is 29.4 Å². The summed E-state index contributed by atoms with van der Waals surface area (Å²) in [6.07, 6.45) is -1.53. The van der Waals surface area contributed by atoms with Crippen LogP contribution in [0.15, 0.2) is 42.7 Å². The molecule has 0 saturated carbocycles. The summed E-state index contributed by atoms with van der Waals surface area (Å²) in [5.41, 5.74) is -0.444. The smallest absolute Gasteiger partial charge is 0.341 e. The minimum absolute atomic E-state index is 0.172. The minimum atomic E-state index is -4.60. The van der Waals surface area contributed by atoms with E-state index in [2.05, 4.69) is 15.3 Å². The summed E-state index contributed by atoms with van der Waals surface area (Å²) in [6, 6.07) is 5.50. The SMILES string of the molecule is FC(F)(F)c1ccc(Nc2nc(N3CCCCC3)nc3c2C=CN(c2ncccc2C(F)(F)F)CC3)cc1Cl. The number of benzene rings is 1. The van der Waals surface area contributed by atoms with E-state index in [9.17, 15) is 26.3 Å². The molecule has 39 heavy (non-hydrogen) atoms. The van der Waals surface area contributed by atoms with E-state index in [1.807, 2.05) is 4.90 Å². The van der Waals surface area contributed by atoms with Crippen LogP contribution in [0.1, 0.15) is 41.6 Å². The molecule has 1 aromatic carbocycles. The second kappa shape index (κ2) is 10.6. The van der Waals surface area contributed by atoms with Gasteiger partial charge in [0.25, 0.3) is 0 Å². The molecular weight excluding hydrogens is 546 g/mol. The van der Waals surface area contributed by atoms with E-state index in [1.54, 1.807) is 6.08 Å². The zero-order chi connectivity index (χ0) is 27.8. The number of pyridine rings is 1. The summed E-state index contributed by atoms with van der Waals surface area (Å²) in [6.45, 7) is 1.66. The number of alkyl halides is 6. The van der Waals surface area contributed by atoms with Gasteiger partial charge in [-0.05, 0) is 55.7 Å². The van der Waals surface area contributed by atoms with Gasteiger partial charge in [0, 0.05) is 49.7 Å². The molecule has 3 aromatic rings. The van der Waals surface area contributed by atoms with Crippen molar-refractivity contribution in [2.75, 3.05) is 34.8 Å². The first-order valence-electron chi connectivity index (χ1n) is 12.3. The van der Waals surface area contributed by atoms with Crippen LogP contribution in [0.4, 0.5) is 49.6 Å². The number of rotatable bonds is 4. The van der Waals surface area contributed by atoms with Gasteiger partial charge >= 0.3 is 12.4 Å². The standard InChI is InChI=1S/C26H23ClF6N6/c27-20-15-16(6-7-18(20)25(28,29)30)35-22-17-8-13-38(23-19(26(31,32)33)5-4-10-34-23)14-9-21(17)36-24(37-22)39-11-2-1-3-12-39/h4-8,10,13,15H,1-3,9,11-12,14H2,(H,35,36,37). The van der Waals surface area contributed by atoms with Crippen LogP contribution < -0.4 is 15.1 Å². The maximum atomic E-state index is 13.7. The van der Waals surface area contributed by atoms with E-state index in [4.69, 9.17) is 16.6 Å². The van der Waals surface area contributed by atoms with Crippen molar-refractivity contribution < 1.29 is 26.3 Å². The number of hydrogen-bond donors (Lipinski definition) is 1. The number of hydrogen-bond acceptors (Lipinski definition) is 6. The molecule has 0 aliphatic carbocycles. The second-order valence-corrected chi connectivity index (χ2v) is 9.64. The van der Waals surface area contributed by atoms with Crippen molar-refractivity contribution >= 4 is 40.9 Å². The monoisotopic (exact) mass is 568 g/mol. The molecule has 0 radical (unpaired) electrons. The van der Waals surface area contributed by atoms with Gasteiger partial charge < -0.3 is 15.1 Å². The van der Waals surface area contributed by atoms with Crippen LogP contribution in [0.2, 0.25) is 5.02 Å². The largest absolute Gasteiger partial charge is 0.419 e. The molecule has 2 aromatic heterocycles. The molecule has 0 atom stereocenters. The van der Waals surface area contributed by atoms with Gasteiger partial charge in [-0.25, -0.2) is 9.97 Å². The number of nitrogens with zero attached hydrogens (tertiary/aromatic N) is 5. The van der Waals surface area contributed by atoms with Gasteiger partial charge in [0.15, 0.2) is 0 Å². The first-order valence-corrected chi connectivity index (χ1v) is 12.7. The molecule has 0 spiro atoms. The summed E-state index contributed by atoms with van der Waals surface area (Å²) in [5.74, 6) is 0.526. The highest BCUT2D eigenvalue weighted by Crippen LogP contribution is 2.38. The molecule has 0 amide bonds. The Hall–Kier alpha value is -3.54. The van der Waals surface area contributed by atoms with Crippen molar-refractivity contribution in [2.45, 2.75) is 38.0 Å². The van der Waals surface area contributed by atoms with Gasteiger partial charge in [-0.2, -0.15) is 31.3 Å². The normalized spacial score (nSPS) is 16.2. The number of piperidine rings is 1. The molecule has 1 fully saturated rings. The maximum absolute atomic E-state index is 13.7. The molecular formula is C26H23ClF6N6. The van der Waals surface area contributed by atoms with Crippen molar-refractivity contribution in [2.24, 2.45) is 0 Å². The molecule has 5 rings (SSSR count). The first kappa shape index (κ1) is 27.0. The fourth-order valence-electron chi connectivity index (χ4n) is 4.65. The van der Waals surface area contributed by atoms with E-state index in [-0.39, 0.29) is 24.5 Å². The fourth-order valence-corrected chi connectivity index (χ4v) is 4.94. The Balaban J connectivity index is 1.54. The highest BCUT2D eigenvalue weighted by molar-refractivity contribution is 6.31. The quantitative estimate of drug-likeness (QED) is 0.333. The van der Waals surface area contributed by atoms with Crippen LogP contribution in [-0.4, -0.2) is 34.6 Å². The van der Waals surface area contributed by atoms with Gasteiger partial charge in [-0.3, -0.25) is 0 Å². The van der Waals surface area contributed by atoms with Crippen molar-refractivity contribution in [1.29, 1.82) is 0 Å². The summed E-state index contributed by atoms with van der Waals surface area (Å²) in [4.78, 5) is 16.8. The summed E-state index contributed by atoms with van der Waals surface area (Å²) in [7, 11) is 0. The number of anilines is 4. The Kier molecular flexibility index (Phi) is 7.32. The lowest BCUT2D eigenvalue weighted by atomic mass is 10.1. The Morgan fingerprint density at radius 2 is 1.62 bits per heavy atom. The third-order valence-electron chi connectivity index (χ3n) is 6.56. The van der Waals surface area contributed by atoms with Crippen molar-refractivity contribution in [3.05, 3.63) is 70.1 Å². The molecule has 1 N–H and O–H groups in total. The average Bonchev–Trinajstić information content (AvgIpc) is 3.11. The molecule has 0 unspecified atom stereocenters.